The molecule has 0 fully saturated rings. The maximum atomic E-state index is 8.63. The lowest BCUT2D eigenvalue weighted by Crippen LogP contribution is -2.25. The Labute approximate surface area is 70.1 Å². The lowest BCUT2D eigenvalue weighted by Gasteiger charge is -1.88. The van der Waals surface area contributed by atoms with Gasteiger partial charge < -0.3 is 4.55 Å². The van der Waals surface area contributed by atoms with Gasteiger partial charge in [-0.15, -0.1) is 0 Å². The Kier molecular flexibility index (Phi) is 4.34. The minimum atomic E-state index is -4.92. The molecule has 1 heterocycles. The van der Waals surface area contributed by atoms with Gasteiger partial charge in [0.1, 0.15) is 7.05 Å². The van der Waals surface area contributed by atoms with Crippen LogP contribution in [-0.2, 0) is 17.4 Å². The van der Waals surface area contributed by atoms with E-state index in [0.717, 1.165) is 0 Å². The summed E-state index contributed by atoms with van der Waals surface area (Å²) in [5.41, 5.74) is 0. The molecule has 0 bridgehead atoms. The summed E-state index contributed by atoms with van der Waals surface area (Å²) in [6, 6.07) is 0. The summed E-state index contributed by atoms with van der Waals surface area (Å²) in [6.07, 6.45) is 7.28. The van der Waals surface area contributed by atoms with E-state index >= 15 is 0 Å². The van der Waals surface area contributed by atoms with E-state index in [1.54, 1.807) is 12.4 Å². The van der Waals surface area contributed by atoms with Gasteiger partial charge in [-0.05, 0) is 0 Å². The third kappa shape index (κ3) is 11.7. The summed E-state index contributed by atoms with van der Waals surface area (Å²) in [4.78, 5) is 3.82. The second-order valence-corrected chi connectivity index (χ2v) is 2.69. The van der Waals surface area contributed by atoms with Crippen molar-refractivity contribution in [2.24, 2.45) is 7.05 Å². The fourth-order valence-electron chi connectivity index (χ4n) is 0.387. The summed E-state index contributed by atoms with van der Waals surface area (Å²) >= 11 is 0. The van der Waals surface area contributed by atoms with Crippen LogP contribution in [0.4, 0.5) is 0 Å². The summed E-state index contributed by atoms with van der Waals surface area (Å²) in [5, 5.41) is 0. The zero-order valence-electron chi connectivity index (χ0n) is 6.28. The average Bonchev–Trinajstić information content (AvgIpc) is 1.85. The maximum absolute atomic E-state index is 8.63. The molecule has 68 valence electrons. The van der Waals surface area contributed by atoms with Crippen molar-refractivity contribution in [2.45, 2.75) is 0 Å². The molecular weight excluding hydrogens is 184 g/mol. The SMILES string of the molecule is C[n+]1ccncc1.O=S(=O)([O-])O. The van der Waals surface area contributed by atoms with E-state index in [2.05, 4.69) is 4.98 Å². The van der Waals surface area contributed by atoms with Crippen LogP contribution in [0.5, 0.6) is 0 Å². The summed E-state index contributed by atoms with van der Waals surface area (Å²) in [5.74, 6) is 0. The highest BCUT2D eigenvalue weighted by Gasteiger charge is 1.79. The van der Waals surface area contributed by atoms with Gasteiger partial charge in [0, 0.05) is 0 Å². The first-order valence-corrected chi connectivity index (χ1v) is 4.19. The van der Waals surface area contributed by atoms with Gasteiger partial charge in [-0.1, -0.05) is 0 Å². The molecule has 0 aliphatic carbocycles. The molecule has 0 amide bonds. The number of rotatable bonds is 0. The van der Waals surface area contributed by atoms with Gasteiger partial charge in [0.05, 0.1) is 12.4 Å². The van der Waals surface area contributed by atoms with Gasteiger partial charge in [0.25, 0.3) is 0 Å². The third-order valence-electron chi connectivity index (χ3n) is 0.776. The van der Waals surface area contributed by atoms with Crippen LogP contribution in [0, 0.1) is 0 Å². The van der Waals surface area contributed by atoms with E-state index < -0.39 is 10.4 Å². The van der Waals surface area contributed by atoms with E-state index in [4.69, 9.17) is 17.5 Å². The number of nitrogens with zero attached hydrogens (tertiary/aromatic N) is 2. The lowest BCUT2D eigenvalue weighted by atomic mass is 10.7. The highest BCUT2D eigenvalue weighted by molar-refractivity contribution is 7.79. The van der Waals surface area contributed by atoms with Crippen molar-refractivity contribution in [3.05, 3.63) is 24.8 Å². The maximum Gasteiger partial charge on any atom is 0.215 e. The van der Waals surface area contributed by atoms with E-state index in [1.807, 2.05) is 24.0 Å². The summed E-state index contributed by atoms with van der Waals surface area (Å²) in [7, 11) is -2.96. The smallest absolute Gasteiger partial charge is 0.215 e. The van der Waals surface area contributed by atoms with Crippen LogP contribution in [-0.4, -0.2) is 22.5 Å². The Morgan fingerprint density at radius 1 is 1.42 bits per heavy atom. The van der Waals surface area contributed by atoms with Crippen LogP contribution in [0.2, 0.25) is 0 Å². The highest BCUT2D eigenvalue weighted by Crippen LogP contribution is 1.63. The molecule has 0 aliphatic rings. The summed E-state index contributed by atoms with van der Waals surface area (Å²) < 4.78 is 34.8. The minimum Gasteiger partial charge on any atom is -0.726 e. The van der Waals surface area contributed by atoms with Crippen molar-refractivity contribution in [2.75, 3.05) is 0 Å². The molecule has 0 unspecified atom stereocenters. The molecule has 0 aromatic carbocycles. The molecular formula is C5H8N2O4S. The van der Waals surface area contributed by atoms with Crippen molar-refractivity contribution < 1.29 is 22.1 Å². The van der Waals surface area contributed by atoms with Crippen molar-refractivity contribution in [1.82, 2.24) is 4.98 Å². The number of aromatic nitrogens is 2. The normalized spacial score (nSPS) is 9.92. The monoisotopic (exact) mass is 192 g/mol. The van der Waals surface area contributed by atoms with E-state index in [0.29, 0.717) is 0 Å². The number of aryl methyl sites for hydroxylation is 1. The molecule has 1 N–H and O–H groups in total. The first-order valence-electron chi connectivity index (χ1n) is 2.83. The van der Waals surface area contributed by atoms with Crippen LogP contribution in [0.15, 0.2) is 24.8 Å². The van der Waals surface area contributed by atoms with Gasteiger partial charge in [0.2, 0.25) is 10.4 Å². The zero-order chi connectivity index (χ0) is 9.61. The van der Waals surface area contributed by atoms with Crippen molar-refractivity contribution in [3.63, 3.8) is 0 Å². The zero-order valence-corrected chi connectivity index (χ0v) is 7.10. The molecule has 6 nitrogen and oxygen atoms in total. The molecule has 0 spiro atoms. The Morgan fingerprint density at radius 3 is 1.92 bits per heavy atom. The van der Waals surface area contributed by atoms with Gasteiger partial charge >= 0.3 is 0 Å². The Hall–Kier alpha value is -1.05. The van der Waals surface area contributed by atoms with E-state index in [1.165, 1.54) is 0 Å². The Morgan fingerprint density at radius 2 is 1.75 bits per heavy atom. The van der Waals surface area contributed by atoms with Gasteiger partial charge in [-0.2, -0.15) is 0 Å². The quantitative estimate of drug-likeness (QED) is 0.320. The van der Waals surface area contributed by atoms with Gasteiger partial charge in [-0.25, -0.2) is 13.0 Å². The molecule has 0 atom stereocenters. The van der Waals surface area contributed by atoms with Crippen LogP contribution < -0.4 is 4.57 Å². The first-order chi connectivity index (χ1) is 5.39. The molecule has 0 radical (unpaired) electrons. The van der Waals surface area contributed by atoms with E-state index in [-0.39, 0.29) is 0 Å². The molecule has 0 saturated carbocycles. The second-order valence-electron chi connectivity index (χ2n) is 1.84. The minimum absolute atomic E-state index is 1.75. The molecule has 12 heavy (non-hydrogen) atoms. The number of hydrogen-bond donors (Lipinski definition) is 1. The van der Waals surface area contributed by atoms with Crippen LogP contribution in [0.25, 0.3) is 0 Å². The predicted molar refractivity (Wildman–Crippen MR) is 37.7 cm³/mol. The Bertz CT molecular complexity index is 301. The fourth-order valence-corrected chi connectivity index (χ4v) is 0.387. The number of hydrogen-bond acceptors (Lipinski definition) is 4. The predicted octanol–water partition coefficient (Wildman–Crippen LogP) is -1.09. The molecule has 1 aromatic heterocycles. The van der Waals surface area contributed by atoms with Crippen LogP contribution >= 0.6 is 0 Å². The third-order valence-corrected chi connectivity index (χ3v) is 0.776. The molecule has 7 heteroatoms. The average molecular weight is 192 g/mol. The Balaban J connectivity index is 0.000000217. The van der Waals surface area contributed by atoms with Crippen LogP contribution in [0.1, 0.15) is 0 Å². The summed E-state index contributed by atoms with van der Waals surface area (Å²) in [6.45, 7) is 0. The molecule has 0 saturated heterocycles. The topological polar surface area (TPSA) is 94.2 Å². The highest BCUT2D eigenvalue weighted by atomic mass is 32.3. The van der Waals surface area contributed by atoms with Gasteiger partial charge in [-0.3, -0.25) is 9.54 Å². The molecule has 1 aromatic rings. The van der Waals surface area contributed by atoms with E-state index in [9.17, 15) is 0 Å². The molecule has 0 aliphatic heterocycles. The van der Waals surface area contributed by atoms with Crippen molar-refractivity contribution in [3.8, 4) is 0 Å². The lowest BCUT2D eigenvalue weighted by molar-refractivity contribution is -0.672. The van der Waals surface area contributed by atoms with Crippen molar-refractivity contribution in [1.29, 1.82) is 0 Å². The first kappa shape index (κ1) is 11.0. The van der Waals surface area contributed by atoms with Gasteiger partial charge in [0.15, 0.2) is 12.4 Å². The second kappa shape index (κ2) is 4.75. The largest absolute Gasteiger partial charge is 0.726 e. The van der Waals surface area contributed by atoms with Crippen molar-refractivity contribution >= 4 is 10.4 Å². The standard InChI is InChI=1S/C5H7N2.H2O4S/c1-7-4-2-6-3-5-7;1-5(2,3)4/h2-5H,1H3;(H2,1,2,3,4)/q+1;/p-1. The molecule has 1 rings (SSSR count). The fraction of sp³-hybridized carbons (Fsp3) is 0.200. The van der Waals surface area contributed by atoms with Crippen LogP contribution in [0.3, 0.4) is 0 Å².